The van der Waals surface area contributed by atoms with Crippen LogP contribution in [-0.2, 0) is 9.59 Å². The second-order valence-corrected chi connectivity index (χ2v) is 6.41. The number of hydrogen-bond acceptors (Lipinski definition) is 5. The molecule has 0 atom stereocenters. The Morgan fingerprint density at radius 1 is 1.23 bits per heavy atom. The maximum atomic E-state index is 13.0. The second kappa shape index (κ2) is 9.57. The summed E-state index contributed by atoms with van der Waals surface area (Å²) in [5.74, 6) is -0.841. The predicted molar refractivity (Wildman–Crippen MR) is 112 cm³/mol. The summed E-state index contributed by atoms with van der Waals surface area (Å²) in [6.45, 7) is 3.24. The van der Waals surface area contributed by atoms with Crippen molar-refractivity contribution in [3.05, 3.63) is 72.2 Å². The molecule has 0 unspecified atom stereocenters. The maximum absolute atomic E-state index is 13.0. The number of hydrogen-bond donors (Lipinski definition) is 2. The van der Waals surface area contributed by atoms with Gasteiger partial charge in [-0.15, -0.1) is 6.58 Å². The van der Waals surface area contributed by atoms with Crippen LogP contribution in [0.3, 0.4) is 0 Å². The lowest BCUT2D eigenvalue weighted by molar-refractivity contribution is -0.122. The molecule has 1 aliphatic heterocycles. The molecule has 160 valence electrons. The number of methoxy groups -OCH3 is 1. The van der Waals surface area contributed by atoms with Crippen LogP contribution in [0.5, 0.6) is 11.5 Å². The Kier molecular flexibility index (Phi) is 6.66. The highest BCUT2D eigenvalue weighted by Gasteiger charge is 2.32. The molecule has 4 amide bonds. The Hall–Kier alpha value is -4.14. The molecule has 2 aromatic rings. The molecule has 2 N–H and O–H groups in total. The minimum absolute atomic E-state index is 0.0562. The van der Waals surface area contributed by atoms with Crippen molar-refractivity contribution < 1.29 is 28.2 Å². The quantitative estimate of drug-likeness (QED) is 0.385. The zero-order valence-electron chi connectivity index (χ0n) is 16.7. The Morgan fingerprint density at radius 3 is 2.65 bits per heavy atom. The van der Waals surface area contributed by atoms with E-state index in [1.807, 2.05) is 0 Å². The van der Waals surface area contributed by atoms with E-state index in [0.717, 1.165) is 4.90 Å². The van der Waals surface area contributed by atoms with E-state index in [1.54, 1.807) is 18.2 Å². The molecule has 1 heterocycles. The molecule has 31 heavy (non-hydrogen) atoms. The van der Waals surface area contributed by atoms with Gasteiger partial charge in [0.1, 0.15) is 11.5 Å². The highest BCUT2D eigenvalue weighted by atomic mass is 19.1. The number of amides is 4. The van der Waals surface area contributed by atoms with Crippen LogP contribution in [0, 0.1) is 5.82 Å². The Balaban J connectivity index is 1.78. The number of imide groups is 1. The van der Waals surface area contributed by atoms with Gasteiger partial charge in [-0.1, -0.05) is 18.2 Å². The number of ether oxygens (including phenoxy) is 2. The first kappa shape index (κ1) is 21.6. The molecule has 2 aromatic carbocycles. The van der Waals surface area contributed by atoms with Crippen LogP contribution in [-0.4, -0.2) is 43.0 Å². The summed E-state index contributed by atoms with van der Waals surface area (Å²) in [7, 11) is 1.44. The van der Waals surface area contributed by atoms with E-state index in [2.05, 4.69) is 17.2 Å². The number of carbonyl (C=O) groups excluding carboxylic acids is 3. The summed E-state index contributed by atoms with van der Waals surface area (Å²) in [6, 6.07) is 9.71. The van der Waals surface area contributed by atoms with Crippen LogP contribution in [0.4, 0.5) is 14.9 Å². The van der Waals surface area contributed by atoms with Crippen molar-refractivity contribution in [3.63, 3.8) is 0 Å². The lowest BCUT2D eigenvalue weighted by Crippen LogP contribution is -2.30. The van der Waals surface area contributed by atoms with Gasteiger partial charge in [-0.3, -0.25) is 14.5 Å². The first-order valence-corrected chi connectivity index (χ1v) is 9.23. The summed E-state index contributed by atoms with van der Waals surface area (Å²) < 4.78 is 23.9. The first-order valence-electron chi connectivity index (χ1n) is 9.23. The van der Waals surface area contributed by atoms with Crippen molar-refractivity contribution >= 4 is 29.6 Å². The van der Waals surface area contributed by atoms with Crippen LogP contribution in [0.2, 0.25) is 0 Å². The highest BCUT2D eigenvalue weighted by molar-refractivity contribution is 6.14. The fourth-order valence-corrected chi connectivity index (χ4v) is 2.85. The van der Waals surface area contributed by atoms with Crippen LogP contribution in [0.1, 0.15) is 5.56 Å². The third kappa shape index (κ3) is 5.08. The van der Waals surface area contributed by atoms with Crippen molar-refractivity contribution in [2.24, 2.45) is 0 Å². The highest BCUT2D eigenvalue weighted by Crippen LogP contribution is 2.33. The molecule has 0 saturated carbocycles. The number of para-hydroxylation sites is 1. The van der Waals surface area contributed by atoms with Gasteiger partial charge in [0.25, 0.3) is 11.8 Å². The molecule has 9 heteroatoms. The Labute approximate surface area is 177 Å². The lowest BCUT2D eigenvalue weighted by Gasteiger charge is -2.14. The molecule has 0 aliphatic carbocycles. The van der Waals surface area contributed by atoms with E-state index in [-0.39, 0.29) is 24.6 Å². The van der Waals surface area contributed by atoms with E-state index in [4.69, 9.17) is 9.47 Å². The topological polar surface area (TPSA) is 97.0 Å². The van der Waals surface area contributed by atoms with Crippen molar-refractivity contribution in [3.8, 4) is 11.5 Å². The summed E-state index contributed by atoms with van der Waals surface area (Å²) in [5, 5.41) is 5.09. The number of nitrogens with one attached hydrogen (secondary N) is 2. The zero-order valence-corrected chi connectivity index (χ0v) is 16.7. The standard InChI is InChI=1S/C22H20FN3O5/c1-3-11-26-21(28)17(25-22(26)29)12-14-5-4-6-18(30-2)20(14)31-13-19(27)24-16-9-7-15(23)8-10-16/h3-10,12H,1,11,13H2,2H3,(H,24,27)(H,25,29)/b17-12+. The normalized spacial score (nSPS) is 14.4. The van der Waals surface area contributed by atoms with Gasteiger partial charge in [-0.05, 0) is 36.4 Å². The second-order valence-electron chi connectivity index (χ2n) is 6.41. The molecular weight excluding hydrogens is 405 g/mol. The fraction of sp³-hybridized carbons (Fsp3) is 0.136. The molecule has 0 radical (unpaired) electrons. The van der Waals surface area contributed by atoms with Gasteiger partial charge in [0, 0.05) is 17.8 Å². The Bertz CT molecular complexity index is 1050. The number of rotatable bonds is 8. The van der Waals surface area contributed by atoms with Gasteiger partial charge in [-0.25, -0.2) is 9.18 Å². The average molecular weight is 425 g/mol. The molecule has 0 aromatic heterocycles. The number of nitrogens with zero attached hydrogens (tertiary/aromatic N) is 1. The number of benzene rings is 2. The molecule has 0 bridgehead atoms. The van der Waals surface area contributed by atoms with Gasteiger partial charge >= 0.3 is 6.03 Å². The maximum Gasteiger partial charge on any atom is 0.329 e. The van der Waals surface area contributed by atoms with Crippen molar-refractivity contribution in [2.75, 3.05) is 25.6 Å². The molecule has 0 spiro atoms. The number of carbonyl (C=O) groups is 3. The predicted octanol–water partition coefficient (Wildman–Crippen LogP) is 2.93. The number of anilines is 1. The fourth-order valence-electron chi connectivity index (χ4n) is 2.85. The molecule has 1 fully saturated rings. The smallest absolute Gasteiger partial charge is 0.329 e. The van der Waals surface area contributed by atoms with Gasteiger partial charge in [-0.2, -0.15) is 0 Å². The third-order valence-electron chi connectivity index (χ3n) is 4.28. The van der Waals surface area contributed by atoms with Gasteiger partial charge in [0.15, 0.2) is 18.1 Å². The van der Waals surface area contributed by atoms with E-state index in [9.17, 15) is 18.8 Å². The van der Waals surface area contributed by atoms with Crippen molar-refractivity contribution in [1.82, 2.24) is 10.2 Å². The van der Waals surface area contributed by atoms with Gasteiger partial charge in [0.2, 0.25) is 0 Å². The monoisotopic (exact) mass is 425 g/mol. The average Bonchev–Trinajstić information content (AvgIpc) is 3.02. The van der Waals surface area contributed by atoms with Crippen LogP contribution in [0.15, 0.2) is 60.8 Å². The summed E-state index contributed by atoms with van der Waals surface area (Å²) in [5.41, 5.74) is 0.901. The van der Waals surface area contributed by atoms with E-state index < -0.39 is 23.7 Å². The molecule has 3 rings (SSSR count). The van der Waals surface area contributed by atoms with E-state index >= 15 is 0 Å². The lowest BCUT2D eigenvalue weighted by atomic mass is 10.1. The van der Waals surface area contributed by atoms with E-state index in [0.29, 0.717) is 17.0 Å². The SMILES string of the molecule is C=CCN1C(=O)N/C(=C/c2cccc(OC)c2OCC(=O)Nc2ccc(F)cc2)C1=O. The summed E-state index contributed by atoms with van der Waals surface area (Å²) >= 11 is 0. The first-order chi connectivity index (χ1) is 14.9. The molecule has 8 nitrogen and oxygen atoms in total. The van der Waals surface area contributed by atoms with Crippen LogP contribution < -0.4 is 20.1 Å². The molecular formula is C22H20FN3O5. The van der Waals surface area contributed by atoms with Crippen LogP contribution >= 0.6 is 0 Å². The molecule has 1 saturated heterocycles. The minimum Gasteiger partial charge on any atom is -0.493 e. The summed E-state index contributed by atoms with van der Waals surface area (Å²) in [4.78, 5) is 37.6. The number of halogens is 1. The molecule has 1 aliphatic rings. The van der Waals surface area contributed by atoms with Crippen LogP contribution in [0.25, 0.3) is 6.08 Å². The third-order valence-corrected chi connectivity index (χ3v) is 4.28. The van der Waals surface area contributed by atoms with Crippen molar-refractivity contribution in [1.29, 1.82) is 0 Å². The van der Waals surface area contributed by atoms with Gasteiger partial charge in [0.05, 0.1) is 7.11 Å². The summed E-state index contributed by atoms with van der Waals surface area (Å²) in [6.07, 6.45) is 2.89. The van der Waals surface area contributed by atoms with Crippen molar-refractivity contribution in [2.45, 2.75) is 0 Å². The Morgan fingerprint density at radius 2 is 1.97 bits per heavy atom. The van der Waals surface area contributed by atoms with E-state index in [1.165, 1.54) is 43.5 Å². The van der Waals surface area contributed by atoms with Gasteiger partial charge < -0.3 is 20.1 Å². The zero-order chi connectivity index (χ0) is 22.4. The largest absolute Gasteiger partial charge is 0.493 e. The number of urea groups is 1. The minimum atomic E-state index is -0.555.